The number of rotatable bonds is 4. The largest absolute Gasteiger partial charge is 0.326 e. The highest BCUT2D eigenvalue weighted by Crippen LogP contribution is 2.27. The molecule has 2 N–H and O–H groups in total. The van der Waals surface area contributed by atoms with E-state index in [0.29, 0.717) is 6.54 Å². The summed E-state index contributed by atoms with van der Waals surface area (Å²) in [7, 11) is 0. The molecule has 2 aromatic carbocycles. The fourth-order valence-corrected chi connectivity index (χ4v) is 3.41. The standard InChI is InChI=1S/C17H21NS/c1-12-8-13(2)17(14(3)9-12)11-19-16-6-4-15(10-18)5-7-16/h4-9H,10-11,18H2,1-3H3. The van der Waals surface area contributed by atoms with Gasteiger partial charge >= 0.3 is 0 Å². The first-order valence-corrected chi connectivity index (χ1v) is 7.57. The van der Waals surface area contributed by atoms with Crippen LogP contribution in [0.1, 0.15) is 27.8 Å². The van der Waals surface area contributed by atoms with E-state index in [-0.39, 0.29) is 0 Å². The molecule has 2 heteroatoms. The first-order valence-electron chi connectivity index (χ1n) is 6.58. The van der Waals surface area contributed by atoms with Crippen LogP contribution >= 0.6 is 11.8 Å². The molecule has 0 bridgehead atoms. The lowest BCUT2D eigenvalue weighted by atomic mass is 10.0. The van der Waals surface area contributed by atoms with E-state index < -0.39 is 0 Å². The zero-order valence-electron chi connectivity index (χ0n) is 11.9. The molecule has 0 heterocycles. The summed E-state index contributed by atoms with van der Waals surface area (Å²) in [6.45, 7) is 7.17. The van der Waals surface area contributed by atoms with Crippen LogP contribution in [0.3, 0.4) is 0 Å². The summed E-state index contributed by atoms with van der Waals surface area (Å²) in [4.78, 5) is 1.30. The van der Waals surface area contributed by atoms with Crippen molar-refractivity contribution in [1.82, 2.24) is 0 Å². The molecule has 0 aliphatic carbocycles. The van der Waals surface area contributed by atoms with Gasteiger partial charge in [-0.05, 0) is 55.2 Å². The van der Waals surface area contributed by atoms with Gasteiger partial charge in [-0.1, -0.05) is 29.8 Å². The lowest BCUT2D eigenvalue weighted by Gasteiger charge is -2.11. The van der Waals surface area contributed by atoms with Crippen molar-refractivity contribution >= 4 is 11.8 Å². The Bertz CT molecular complexity index is 535. The topological polar surface area (TPSA) is 26.0 Å². The van der Waals surface area contributed by atoms with Gasteiger partial charge in [0.25, 0.3) is 0 Å². The fraction of sp³-hybridized carbons (Fsp3) is 0.294. The van der Waals surface area contributed by atoms with Gasteiger partial charge < -0.3 is 5.73 Å². The second-order valence-electron chi connectivity index (χ2n) is 5.01. The molecule has 100 valence electrons. The predicted molar refractivity (Wildman–Crippen MR) is 84.5 cm³/mol. The molecular formula is C17H21NS. The Morgan fingerprint density at radius 3 is 2.05 bits per heavy atom. The van der Waals surface area contributed by atoms with Crippen LogP contribution in [-0.4, -0.2) is 0 Å². The fourth-order valence-electron chi connectivity index (χ4n) is 2.31. The summed E-state index contributed by atoms with van der Waals surface area (Å²) in [6.07, 6.45) is 0. The summed E-state index contributed by atoms with van der Waals surface area (Å²) in [5.41, 5.74) is 12.4. The second kappa shape index (κ2) is 6.27. The third-order valence-corrected chi connectivity index (χ3v) is 4.42. The van der Waals surface area contributed by atoms with Crippen LogP contribution in [0, 0.1) is 20.8 Å². The van der Waals surface area contributed by atoms with Crippen LogP contribution in [0.15, 0.2) is 41.3 Å². The van der Waals surface area contributed by atoms with Gasteiger partial charge in [-0.2, -0.15) is 0 Å². The highest BCUT2D eigenvalue weighted by Gasteiger charge is 2.04. The first kappa shape index (κ1) is 14.2. The Morgan fingerprint density at radius 1 is 0.947 bits per heavy atom. The average Bonchev–Trinajstić information content (AvgIpc) is 2.38. The second-order valence-corrected chi connectivity index (χ2v) is 6.06. The smallest absolute Gasteiger partial charge is 0.0237 e. The number of nitrogens with two attached hydrogens (primary N) is 1. The van der Waals surface area contributed by atoms with Gasteiger partial charge in [0.15, 0.2) is 0 Å². The monoisotopic (exact) mass is 271 g/mol. The Morgan fingerprint density at radius 2 is 1.53 bits per heavy atom. The number of hydrogen-bond donors (Lipinski definition) is 1. The molecule has 0 fully saturated rings. The van der Waals surface area contributed by atoms with E-state index in [9.17, 15) is 0 Å². The lowest BCUT2D eigenvalue weighted by Crippen LogP contribution is -1.95. The summed E-state index contributed by atoms with van der Waals surface area (Å²) in [6, 6.07) is 13.1. The van der Waals surface area contributed by atoms with E-state index in [1.807, 2.05) is 11.8 Å². The number of hydrogen-bond acceptors (Lipinski definition) is 2. The zero-order valence-corrected chi connectivity index (χ0v) is 12.7. The first-order chi connectivity index (χ1) is 9.10. The SMILES string of the molecule is Cc1cc(C)c(CSc2ccc(CN)cc2)c(C)c1. The maximum Gasteiger partial charge on any atom is 0.0237 e. The van der Waals surface area contributed by atoms with Gasteiger partial charge in [0.05, 0.1) is 0 Å². The molecule has 1 nitrogen and oxygen atoms in total. The third-order valence-electron chi connectivity index (χ3n) is 3.38. The highest BCUT2D eigenvalue weighted by molar-refractivity contribution is 7.98. The molecular weight excluding hydrogens is 250 g/mol. The summed E-state index contributed by atoms with van der Waals surface area (Å²) in [5.74, 6) is 1.03. The van der Waals surface area contributed by atoms with E-state index >= 15 is 0 Å². The Kier molecular flexibility index (Phi) is 4.67. The summed E-state index contributed by atoms with van der Waals surface area (Å²) >= 11 is 1.89. The van der Waals surface area contributed by atoms with Crippen LogP contribution in [0.2, 0.25) is 0 Å². The number of thioether (sulfide) groups is 1. The van der Waals surface area contributed by atoms with Gasteiger partial charge in [0, 0.05) is 17.2 Å². The van der Waals surface area contributed by atoms with E-state index in [1.54, 1.807) is 0 Å². The van der Waals surface area contributed by atoms with Crippen LogP contribution in [0.4, 0.5) is 0 Å². The Labute approximate surface area is 120 Å². The predicted octanol–water partition coefficient (Wildman–Crippen LogP) is 4.36. The molecule has 0 aliphatic rings. The van der Waals surface area contributed by atoms with Gasteiger partial charge in [-0.25, -0.2) is 0 Å². The maximum absolute atomic E-state index is 5.61. The van der Waals surface area contributed by atoms with E-state index in [0.717, 1.165) is 5.75 Å². The molecule has 19 heavy (non-hydrogen) atoms. The molecule has 0 saturated carbocycles. The van der Waals surface area contributed by atoms with E-state index in [1.165, 1.54) is 32.7 Å². The van der Waals surface area contributed by atoms with Crippen molar-refractivity contribution in [2.45, 2.75) is 38.0 Å². The highest BCUT2D eigenvalue weighted by atomic mass is 32.2. The third kappa shape index (κ3) is 3.62. The minimum Gasteiger partial charge on any atom is -0.326 e. The van der Waals surface area contributed by atoms with E-state index in [2.05, 4.69) is 57.2 Å². The molecule has 0 unspecified atom stereocenters. The Hall–Kier alpha value is -1.25. The molecule has 0 spiro atoms. The average molecular weight is 271 g/mol. The quantitative estimate of drug-likeness (QED) is 0.836. The summed E-state index contributed by atoms with van der Waals surface area (Å²) in [5, 5.41) is 0. The van der Waals surface area contributed by atoms with Crippen molar-refractivity contribution in [1.29, 1.82) is 0 Å². The van der Waals surface area contributed by atoms with Crippen molar-refractivity contribution < 1.29 is 0 Å². The molecule has 0 aromatic heterocycles. The van der Waals surface area contributed by atoms with Crippen molar-refractivity contribution in [3.63, 3.8) is 0 Å². The maximum atomic E-state index is 5.61. The molecule has 0 radical (unpaired) electrons. The molecule has 0 aliphatic heterocycles. The van der Waals surface area contributed by atoms with E-state index in [4.69, 9.17) is 5.73 Å². The van der Waals surface area contributed by atoms with Gasteiger partial charge in [0.1, 0.15) is 0 Å². The number of benzene rings is 2. The Balaban J connectivity index is 2.10. The molecule has 2 rings (SSSR count). The minimum atomic E-state index is 0.612. The molecule has 0 saturated heterocycles. The van der Waals surface area contributed by atoms with Gasteiger partial charge in [0.2, 0.25) is 0 Å². The molecule has 0 amide bonds. The van der Waals surface area contributed by atoms with Crippen LogP contribution in [0.25, 0.3) is 0 Å². The van der Waals surface area contributed by atoms with Crippen LogP contribution < -0.4 is 5.73 Å². The van der Waals surface area contributed by atoms with Crippen LogP contribution in [-0.2, 0) is 12.3 Å². The lowest BCUT2D eigenvalue weighted by molar-refractivity contribution is 1.07. The molecule has 0 atom stereocenters. The van der Waals surface area contributed by atoms with Gasteiger partial charge in [-0.15, -0.1) is 11.8 Å². The van der Waals surface area contributed by atoms with Crippen molar-refractivity contribution in [2.24, 2.45) is 5.73 Å². The zero-order chi connectivity index (χ0) is 13.8. The van der Waals surface area contributed by atoms with Crippen molar-refractivity contribution in [3.8, 4) is 0 Å². The van der Waals surface area contributed by atoms with Crippen molar-refractivity contribution in [3.05, 3.63) is 64.2 Å². The van der Waals surface area contributed by atoms with Crippen molar-refractivity contribution in [2.75, 3.05) is 0 Å². The normalized spacial score (nSPS) is 10.7. The summed E-state index contributed by atoms with van der Waals surface area (Å²) < 4.78 is 0. The van der Waals surface area contributed by atoms with Gasteiger partial charge in [-0.3, -0.25) is 0 Å². The number of aryl methyl sites for hydroxylation is 3. The van der Waals surface area contributed by atoms with Crippen LogP contribution in [0.5, 0.6) is 0 Å². The molecule has 2 aromatic rings. The minimum absolute atomic E-state index is 0.612.